The van der Waals surface area contributed by atoms with Crippen molar-refractivity contribution in [2.24, 2.45) is 3.15 Å². The van der Waals surface area contributed by atoms with Crippen LogP contribution in [-0.4, -0.2) is 19.2 Å². The molecule has 0 atom stereocenters. The van der Waals surface area contributed by atoms with Crippen molar-refractivity contribution in [3.8, 4) is 0 Å². The van der Waals surface area contributed by atoms with Gasteiger partial charge in [0.05, 0.1) is 19.2 Å². The highest BCUT2D eigenvalue weighted by molar-refractivity contribution is 14.2. The number of benzene rings is 2. The van der Waals surface area contributed by atoms with Crippen LogP contribution in [0.5, 0.6) is 0 Å². The number of anilines is 1. The molecular formula is C19H9ClF4IN3O3S. The molecule has 1 aromatic heterocycles. The van der Waals surface area contributed by atoms with E-state index in [2.05, 4.69) is 8.13 Å². The summed E-state index contributed by atoms with van der Waals surface area (Å²) in [5.41, 5.74) is -1.67. The topological polar surface area (TPSA) is 91.4 Å². The number of rotatable bonds is 5. The van der Waals surface area contributed by atoms with Crippen molar-refractivity contribution < 1.29 is 30.8 Å². The molecule has 0 aliphatic carbocycles. The van der Waals surface area contributed by atoms with Crippen LogP contribution in [0.15, 0.2) is 47.6 Å². The molecule has 0 radical (unpaired) electrons. The van der Waals surface area contributed by atoms with Crippen molar-refractivity contribution in [2.45, 2.75) is 4.90 Å². The number of hydrogen-bond acceptors (Lipinski definition) is 4. The second-order valence-corrected chi connectivity index (χ2v) is 11.2. The molecule has 2 heterocycles. The Labute approximate surface area is 193 Å². The Bertz CT molecular complexity index is 1430. The Morgan fingerprint density at radius 1 is 1.09 bits per heavy atom. The highest BCUT2D eigenvalue weighted by Crippen LogP contribution is 2.39. The van der Waals surface area contributed by atoms with Crippen molar-refractivity contribution in [1.29, 1.82) is 0 Å². The number of sulfonamides is 1. The Kier molecular flexibility index (Phi) is 5.94. The molecule has 4 rings (SSSR count). The molecule has 32 heavy (non-hydrogen) atoms. The van der Waals surface area contributed by atoms with Crippen LogP contribution in [0, 0.1) is 23.3 Å². The summed E-state index contributed by atoms with van der Waals surface area (Å²) < 4.78 is 87.6. The fourth-order valence-electron chi connectivity index (χ4n) is 2.91. The zero-order chi connectivity index (χ0) is 23.2. The van der Waals surface area contributed by atoms with E-state index in [0.717, 1.165) is 6.07 Å². The molecule has 0 saturated carbocycles. The summed E-state index contributed by atoms with van der Waals surface area (Å²) in [6, 6.07) is 2.94. The van der Waals surface area contributed by atoms with Crippen molar-refractivity contribution in [3.05, 3.63) is 79.5 Å². The Morgan fingerprint density at radius 2 is 1.78 bits per heavy atom. The summed E-state index contributed by atoms with van der Waals surface area (Å²) in [7, 11) is -4.66. The van der Waals surface area contributed by atoms with E-state index in [1.54, 1.807) is 4.72 Å². The lowest BCUT2D eigenvalue weighted by molar-refractivity contribution is 0.103. The zero-order valence-corrected chi connectivity index (χ0v) is 19.1. The number of hydrogen-bond donors (Lipinski definition) is 2. The minimum absolute atomic E-state index is 0.115. The van der Waals surface area contributed by atoms with Crippen molar-refractivity contribution in [1.82, 2.24) is 4.98 Å². The number of H-pyrrole nitrogens is 1. The molecule has 0 amide bonds. The average molecular weight is 598 g/mol. The number of nitrogens with zero attached hydrogens (tertiary/aromatic N) is 1. The molecule has 1 aliphatic rings. The Hall–Kier alpha value is -2.58. The molecule has 2 N–H and O–H groups in total. The van der Waals surface area contributed by atoms with E-state index in [9.17, 15) is 26.4 Å². The van der Waals surface area contributed by atoms with E-state index in [1.807, 2.05) is 0 Å². The lowest BCUT2D eigenvalue weighted by atomic mass is 10.0. The maximum atomic E-state index is 15.1. The third-order valence-electron chi connectivity index (χ3n) is 4.31. The predicted octanol–water partition coefficient (Wildman–Crippen LogP) is 5.94. The van der Waals surface area contributed by atoms with E-state index < -0.39 is 76.3 Å². The van der Waals surface area contributed by atoms with Crippen molar-refractivity contribution in [3.63, 3.8) is 0 Å². The number of halogens is 6. The van der Waals surface area contributed by atoms with Gasteiger partial charge in [0.1, 0.15) is 23.3 Å². The summed E-state index contributed by atoms with van der Waals surface area (Å²) in [6.07, 6.45) is 2.69. The second-order valence-electron chi connectivity index (χ2n) is 6.39. The molecule has 0 fully saturated rings. The summed E-state index contributed by atoms with van der Waals surface area (Å²) in [5, 5.41) is 0. The van der Waals surface area contributed by atoms with Gasteiger partial charge in [-0.25, -0.2) is 29.1 Å². The second kappa shape index (κ2) is 8.41. The van der Waals surface area contributed by atoms with E-state index in [-0.39, 0.29) is 11.1 Å². The summed E-state index contributed by atoms with van der Waals surface area (Å²) >= 11 is 5.15. The SMILES string of the molecule is O=C(c1c[nH]c2c1C=C(Cl)I=N2)c1c(F)ccc(NS(=O)(=O)c2cc(F)cc(F)c2)c1F. The molecule has 0 spiro atoms. The van der Waals surface area contributed by atoms with Crippen molar-refractivity contribution in [2.75, 3.05) is 4.72 Å². The van der Waals surface area contributed by atoms with Crippen LogP contribution in [0.25, 0.3) is 6.08 Å². The first-order valence-corrected chi connectivity index (χ1v) is 12.4. The highest BCUT2D eigenvalue weighted by Gasteiger charge is 2.28. The van der Waals surface area contributed by atoms with Gasteiger partial charge >= 0.3 is 0 Å². The molecule has 2 aromatic carbocycles. The van der Waals surface area contributed by atoms with Gasteiger partial charge in [0, 0.05) is 44.4 Å². The number of aromatic nitrogens is 1. The van der Waals surface area contributed by atoms with Gasteiger partial charge < -0.3 is 4.98 Å². The number of carbonyl (C=O) groups excluding carboxylic acids is 1. The average Bonchev–Trinajstić information content (AvgIpc) is 3.12. The Morgan fingerprint density at radius 3 is 2.47 bits per heavy atom. The van der Waals surface area contributed by atoms with Gasteiger partial charge in [-0.15, -0.1) is 0 Å². The number of ketones is 1. The molecule has 0 unspecified atom stereocenters. The quantitative estimate of drug-likeness (QED) is 0.217. The predicted molar refractivity (Wildman–Crippen MR) is 118 cm³/mol. The van der Waals surface area contributed by atoms with Gasteiger partial charge in [-0.3, -0.25) is 9.52 Å². The minimum atomic E-state index is -4.66. The largest absolute Gasteiger partial charge is 0.345 e. The fourth-order valence-corrected chi connectivity index (χ4v) is 5.65. The van der Waals surface area contributed by atoms with E-state index >= 15 is 4.39 Å². The van der Waals surface area contributed by atoms with Crippen LogP contribution in [0.2, 0.25) is 0 Å². The van der Waals surface area contributed by atoms with Crippen LogP contribution in [0.4, 0.5) is 29.1 Å². The van der Waals surface area contributed by atoms with E-state index in [4.69, 9.17) is 11.6 Å². The summed E-state index contributed by atoms with van der Waals surface area (Å²) in [4.78, 5) is 14.8. The molecule has 1 aliphatic heterocycles. The standard InChI is InChI=1S/C19H9ClF4IN3O3S/c20-15-6-11-12(7-26-19(11)27-25-15)18(29)16-13(23)1-2-14(17(16)24)28-32(30,31)10-4-8(21)3-9(22)5-10/h1-7,28H,(H,26,27). The number of aromatic amines is 1. The Balaban J connectivity index is 1.75. The van der Waals surface area contributed by atoms with Crippen LogP contribution in [0.1, 0.15) is 21.5 Å². The van der Waals surface area contributed by atoms with Crippen LogP contribution < -0.4 is 4.72 Å². The monoisotopic (exact) mass is 597 g/mol. The van der Waals surface area contributed by atoms with Crippen LogP contribution in [-0.2, 0) is 10.0 Å². The lowest BCUT2D eigenvalue weighted by Gasteiger charge is -2.12. The van der Waals surface area contributed by atoms with E-state index in [1.165, 1.54) is 12.3 Å². The van der Waals surface area contributed by atoms with Gasteiger partial charge in [0.25, 0.3) is 10.0 Å². The van der Waals surface area contributed by atoms with Gasteiger partial charge in [-0.05, 0) is 30.3 Å². The van der Waals surface area contributed by atoms with E-state index in [0.29, 0.717) is 33.1 Å². The summed E-state index contributed by atoms with van der Waals surface area (Å²) in [5.74, 6) is -5.81. The summed E-state index contributed by atoms with van der Waals surface area (Å²) in [6.45, 7) is 0. The molecule has 6 nitrogen and oxygen atoms in total. The van der Waals surface area contributed by atoms with Gasteiger partial charge in [-0.2, -0.15) is 0 Å². The first kappa shape index (κ1) is 22.6. The third kappa shape index (κ3) is 4.21. The first-order chi connectivity index (χ1) is 15.1. The smallest absolute Gasteiger partial charge is 0.262 e. The van der Waals surface area contributed by atoms with Crippen LogP contribution in [0.3, 0.4) is 0 Å². The molecular weight excluding hydrogens is 589 g/mol. The van der Waals surface area contributed by atoms with Crippen LogP contribution >= 0.6 is 32.6 Å². The molecule has 13 heteroatoms. The number of carbonyl (C=O) groups is 1. The van der Waals surface area contributed by atoms with Gasteiger partial charge in [0.2, 0.25) is 5.78 Å². The number of fused-ring (bicyclic) bond motifs is 1. The molecule has 0 bridgehead atoms. The highest BCUT2D eigenvalue weighted by atomic mass is 127. The maximum Gasteiger partial charge on any atom is 0.262 e. The van der Waals surface area contributed by atoms with Gasteiger partial charge in [0.15, 0.2) is 5.82 Å². The minimum Gasteiger partial charge on any atom is -0.345 e. The normalized spacial score (nSPS) is 13.2. The van der Waals surface area contributed by atoms with Gasteiger partial charge in [-0.1, -0.05) is 11.6 Å². The zero-order valence-electron chi connectivity index (χ0n) is 15.4. The third-order valence-corrected chi connectivity index (χ3v) is 7.69. The maximum absolute atomic E-state index is 15.1. The molecule has 0 saturated heterocycles. The molecule has 3 aromatic rings. The fraction of sp³-hybridized carbons (Fsp3) is 0. The molecule has 166 valence electrons. The number of nitrogens with one attached hydrogen (secondary N) is 2. The first-order valence-electron chi connectivity index (χ1n) is 8.52. The van der Waals surface area contributed by atoms with Crippen molar-refractivity contribution >= 4 is 66.0 Å². The lowest BCUT2D eigenvalue weighted by Crippen LogP contribution is -2.17.